The summed E-state index contributed by atoms with van der Waals surface area (Å²) in [5.41, 5.74) is 0. The first-order valence-electron chi connectivity index (χ1n) is 4.59. The summed E-state index contributed by atoms with van der Waals surface area (Å²) in [5, 5.41) is 0. The Hall–Kier alpha value is -1.25. The SMILES string of the molecule is O=P(O)(OC1=CC=CC1)OC1=CC=CC1. The second-order valence-electron chi connectivity index (χ2n) is 3.18. The van der Waals surface area contributed by atoms with Gasteiger partial charge in [0.25, 0.3) is 0 Å². The number of phosphoric acid groups is 1. The van der Waals surface area contributed by atoms with Crippen molar-refractivity contribution in [1.29, 1.82) is 0 Å². The summed E-state index contributed by atoms with van der Waals surface area (Å²) in [6, 6.07) is 0. The van der Waals surface area contributed by atoms with Crippen molar-refractivity contribution >= 4 is 7.82 Å². The van der Waals surface area contributed by atoms with Crippen molar-refractivity contribution in [2.45, 2.75) is 12.8 Å². The van der Waals surface area contributed by atoms with Gasteiger partial charge in [0, 0.05) is 12.8 Å². The fourth-order valence-corrected chi connectivity index (χ4v) is 2.21. The predicted molar refractivity (Wildman–Crippen MR) is 55.7 cm³/mol. The molecule has 0 heterocycles. The molecule has 0 atom stereocenters. The van der Waals surface area contributed by atoms with Crippen molar-refractivity contribution in [3.63, 3.8) is 0 Å². The van der Waals surface area contributed by atoms with E-state index in [-0.39, 0.29) is 0 Å². The highest BCUT2D eigenvalue weighted by atomic mass is 31.2. The maximum absolute atomic E-state index is 11.5. The highest BCUT2D eigenvalue weighted by molar-refractivity contribution is 7.47. The van der Waals surface area contributed by atoms with Gasteiger partial charge >= 0.3 is 7.82 Å². The van der Waals surface area contributed by atoms with Crippen LogP contribution in [0.15, 0.2) is 48.0 Å². The van der Waals surface area contributed by atoms with Crippen LogP contribution in [0, 0.1) is 0 Å². The van der Waals surface area contributed by atoms with E-state index < -0.39 is 7.82 Å². The van der Waals surface area contributed by atoms with Gasteiger partial charge in [0.2, 0.25) is 0 Å². The third-order valence-electron chi connectivity index (χ3n) is 1.94. The number of hydrogen-bond acceptors (Lipinski definition) is 3. The topological polar surface area (TPSA) is 55.8 Å². The number of phosphoric ester groups is 1. The van der Waals surface area contributed by atoms with Crippen LogP contribution < -0.4 is 0 Å². The highest BCUT2D eigenvalue weighted by Crippen LogP contribution is 2.49. The fourth-order valence-electron chi connectivity index (χ4n) is 1.31. The monoisotopic (exact) mass is 226 g/mol. The van der Waals surface area contributed by atoms with Gasteiger partial charge in [0.15, 0.2) is 0 Å². The molecule has 0 unspecified atom stereocenters. The minimum Gasteiger partial charge on any atom is -0.399 e. The van der Waals surface area contributed by atoms with Crippen molar-refractivity contribution < 1.29 is 18.5 Å². The Balaban J connectivity index is 1.92. The van der Waals surface area contributed by atoms with Crippen molar-refractivity contribution in [2.24, 2.45) is 0 Å². The lowest BCUT2D eigenvalue weighted by atomic mass is 10.4. The van der Waals surface area contributed by atoms with E-state index in [4.69, 9.17) is 9.05 Å². The zero-order chi connectivity index (χ0) is 10.7. The largest absolute Gasteiger partial charge is 0.584 e. The summed E-state index contributed by atoms with van der Waals surface area (Å²) in [6.45, 7) is 0. The van der Waals surface area contributed by atoms with Crippen molar-refractivity contribution in [1.82, 2.24) is 0 Å². The molecule has 0 aliphatic heterocycles. The summed E-state index contributed by atoms with van der Waals surface area (Å²) in [4.78, 5) is 9.41. The fraction of sp³-hybridized carbons (Fsp3) is 0.200. The van der Waals surface area contributed by atoms with Gasteiger partial charge in [0.1, 0.15) is 11.5 Å². The van der Waals surface area contributed by atoms with Crippen molar-refractivity contribution in [3.05, 3.63) is 48.0 Å². The quantitative estimate of drug-likeness (QED) is 0.749. The molecule has 0 spiro atoms. The number of allylic oxidation sites excluding steroid dienone is 6. The Morgan fingerprint density at radius 1 is 1.07 bits per heavy atom. The van der Waals surface area contributed by atoms with E-state index in [2.05, 4.69) is 0 Å². The smallest absolute Gasteiger partial charge is 0.399 e. The zero-order valence-corrected chi connectivity index (χ0v) is 8.89. The zero-order valence-electron chi connectivity index (χ0n) is 8.00. The predicted octanol–water partition coefficient (Wildman–Crippen LogP) is 2.81. The van der Waals surface area contributed by atoms with Crippen LogP contribution in [-0.4, -0.2) is 4.89 Å². The van der Waals surface area contributed by atoms with Crippen LogP contribution in [0.1, 0.15) is 12.8 Å². The molecule has 0 saturated heterocycles. The Morgan fingerprint density at radius 3 is 1.87 bits per heavy atom. The molecule has 0 radical (unpaired) electrons. The Kier molecular flexibility index (Phi) is 2.80. The first-order chi connectivity index (χ1) is 7.16. The second-order valence-corrected chi connectivity index (χ2v) is 4.48. The Morgan fingerprint density at radius 2 is 1.53 bits per heavy atom. The molecule has 0 saturated carbocycles. The van der Waals surface area contributed by atoms with Gasteiger partial charge in [-0.25, -0.2) is 4.57 Å². The number of hydrogen-bond donors (Lipinski definition) is 1. The van der Waals surface area contributed by atoms with Crippen molar-refractivity contribution in [2.75, 3.05) is 0 Å². The maximum atomic E-state index is 11.5. The van der Waals surface area contributed by atoms with Gasteiger partial charge in [-0.3, -0.25) is 4.89 Å². The van der Waals surface area contributed by atoms with Crippen LogP contribution in [0.3, 0.4) is 0 Å². The molecule has 1 N–H and O–H groups in total. The van der Waals surface area contributed by atoms with Crippen LogP contribution in [0.25, 0.3) is 0 Å². The van der Waals surface area contributed by atoms with Crippen LogP contribution in [0.5, 0.6) is 0 Å². The van der Waals surface area contributed by atoms with E-state index in [1.165, 1.54) is 0 Å². The van der Waals surface area contributed by atoms with Crippen LogP contribution in [-0.2, 0) is 13.6 Å². The molecule has 2 aliphatic rings. The second kappa shape index (κ2) is 4.09. The van der Waals surface area contributed by atoms with Crippen LogP contribution in [0.4, 0.5) is 0 Å². The molecule has 0 amide bonds. The lowest BCUT2D eigenvalue weighted by Gasteiger charge is -2.14. The van der Waals surface area contributed by atoms with Gasteiger partial charge in [-0.1, -0.05) is 24.3 Å². The summed E-state index contributed by atoms with van der Waals surface area (Å²) < 4.78 is 21.3. The molecule has 0 fully saturated rings. The molecule has 2 rings (SSSR count). The minimum absolute atomic E-state index is 0.451. The molecule has 5 heteroatoms. The summed E-state index contributed by atoms with van der Waals surface area (Å²) in [5.74, 6) is 0.903. The van der Waals surface area contributed by atoms with Crippen LogP contribution >= 0.6 is 7.82 Å². The van der Waals surface area contributed by atoms with E-state index in [0.29, 0.717) is 24.4 Å². The average molecular weight is 226 g/mol. The molecule has 80 valence electrons. The summed E-state index contributed by atoms with van der Waals surface area (Å²) in [6.07, 6.45) is 11.6. The lowest BCUT2D eigenvalue weighted by molar-refractivity contribution is 0.213. The maximum Gasteiger partial charge on any atom is 0.584 e. The van der Waals surface area contributed by atoms with E-state index in [0.717, 1.165) is 0 Å². The molecule has 0 aromatic carbocycles. The van der Waals surface area contributed by atoms with Gasteiger partial charge in [-0.2, -0.15) is 0 Å². The highest BCUT2D eigenvalue weighted by Gasteiger charge is 2.27. The number of rotatable bonds is 4. The first-order valence-corrected chi connectivity index (χ1v) is 6.09. The van der Waals surface area contributed by atoms with Gasteiger partial charge in [-0.05, 0) is 12.2 Å². The lowest BCUT2D eigenvalue weighted by Crippen LogP contribution is -1.93. The molecular weight excluding hydrogens is 215 g/mol. The minimum atomic E-state index is -4.01. The van der Waals surface area contributed by atoms with Crippen LogP contribution in [0.2, 0.25) is 0 Å². The molecule has 0 aromatic heterocycles. The third kappa shape index (κ3) is 2.85. The Bertz CT molecular complexity index is 381. The molecule has 0 aromatic rings. The normalized spacial score (nSPS) is 19.0. The summed E-state index contributed by atoms with van der Waals surface area (Å²) in [7, 11) is -4.01. The van der Waals surface area contributed by atoms with E-state index in [1.807, 2.05) is 12.2 Å². The third-order valence-corrected chi connectivity index (χ3v) is 2.87. The van der Waals surface area contributed by atoms with Crippen molar-refractivity contribution in [3.8, 4) is 0 Å². The van der Waals surface area contributed by atoms with Gasteiger partial charge in [0.05, 0.1) is 0 Å². The molecular formula is C10H11O4P. The van der Waals surface area contributed by atoms with Gasteiger partial charge in [-0.15, -0.1) is 0 Å². The molecule has 15 heavy (non-hydrogen) atoms. The standard InChI is InChI=1S/C10H11O4P/c11-15(12,13-9-5-1-2-6-9)14-10-7-3-4-8-10/h1-5,7H,6,8H2,(H,11,12). The Labute approximate surface area is 87.8 Å². The summed E-state index contributed by atoms with van der Waals surface area (Å²) >= 11 is 0. The average Bonchev–Trinajstić information content (AvgIpc) is 2.75. The van der Waals surface area contributed by atoms with E-state index >= 15 is 0 Å². The van der Waals surface area contributed by atoms with Gasteiger partial charge < -0.3 is 9.05 Å². The molecule has 0 bridgehead atoms. The first kappa shape index (κ1) is 10.3. The molecule has 4 nitrogen and oxygen atoms in total. The van der Waals surface area contributed by atoms with E-state index in [9.17, 15) is 9.46 Å². The molecule has 2 aliphatic carbocycles. The van der Waals surface area contributed by atoms with E-state index in [1.54, 1.807) is 24.3 Å².